The van der Waals surface area contributed by atoms with Gasteiger partial charge in [-0.2, -0.15) is 0 Å². The Kier molecular flexibility index (Phi) is 4.38. The third kappa shape index (κ3) is 3.34. The fourth-order valence-corrected chi connectivity index (χ4v) is 1.91. The Balaban J connectivity index is 1.88. The van der Waals surface area contributed by atoms with E-state index in [1.165, 1.54) is 6.07 Å². The van der Waals surface area contributed by atoms with Crippen LogP contribution in [0.2, 0.25) is 0 Å². The maximum atomic E-state index is 13.0. The predicted molar refractivity (Wildman–Crippen MR) is 62.5 cm³/mol. The van der Waals surface area contributed by atoms with E-state index in [1.807, 2.05) is 0 Å². The molecule has 3 nitrogen and oxygen atoms in total. The number of carbonyl (C=O) groups is 1. The first-order valence-corrected chi connectivity index (χ1v) is 5.97. The summed E-state index contributed by atoms with van der Waals surface area (Å²) in [7, 11) is 0. The van der Waals surface area contributed by atoms with Crippen molar-refractivity contribution >= 4 is 5.78 Å². The number of ether oxygens (including phenoxy) is 1. The maximum absolute atomic E-state index is 13.0. The molecule has 1 fully saturated rings. The van der Waals surface area contributed by atoms with Crippen LogP contribution in [0.3, 0.4) is 0 Å². The van der Waals surface area contributed by atoms with Crippen LogP contribution in [0.15, 0.2) is 18.2 Å². The molecule has 1 aromatic carbocycles. The van der Waals surface area contributed by atoms with Gasteiger partial charge in [0.15, 0.2) is 17.4 Å². The molecule has 98 valence electrons. The molecule has 1 aliphatic heterocycles. The number of ketones is 1. The molecule has 0 atom stereocenters. The van der Waals surface area contributed by atoms with Crippen LogP contribution in [-0.2, 0) is 4.74 Å². The van der Waals surface area contributed by atoms with E-state index in [1.54, 1.807) is 0 Å². The molecule has 0 amide bonds. The van der Waals surface area contributed by atoms with Crippen LogP contribution in [0.25, 0.3) is 0 Å². The van der Waals surface area contributed by atoms with Crippen molar-refractivity contribution in [2.24, 2.45) is 0 Å². The summed E-state index contributed by atoms with van der Waals surface area (Å²) in [5.41, 5.74) is 0.142. The van der Waals surface area contributed by atoms with Crippen LogP contribution in [-0.4, -0.2) is 31.6 Å². The molecule has 1 aromatic rings. The highest BCUT2D eigenvalue weighted by atomic mass is 19.2. The molecule has 1 heterocycles. The van der Waals surface area contributed by atoms with E-state index in [9.17, 15) is 13.6 Å². The molecule has 0 bridgehead atoms. The Bertz CT molecular complexity index is 431. The third-order valence-electron chi connectivity index (χ3n) is 2.98. The summed E-state index contributed by atoms with van der Waals surface area (Å²) in [6.45, 7) is 1.67. The lowest BCUT2D eigenvalue weighted by molar-refractivity contribution is 0.0317. The van der Waals surface area contributed by atoms with E-state index in [0.29, 0.717) is 0 Å². The van der Waals surface area contributed by atoms with Crippen LogP contribution in [0, 0.1) is 11.6 Å². The lowest BCUT2D eigenvalue weighted by Gasteiger charge is -2.22. The minimum atomic E-state index is -1.01. The van der Waals surface area contributed by atoms with Gasteiger partial charge in [-0.15, -0.1) is 0 Å². The molecule has 0 aromatic heterocycles. The van der Waals surface area contributed by atoms with Crippen LogP contribution in [0.1, 0.15) is 23.2 Å². The molecule has 1 N–H and O–H groups in total. The zero-order valence-corrected chi connectivity index (χ0v) is 9.92. The molecule has 2 rings (SSSR count). The Labute approximate surface area is 104 Å². The van der Waals surface area contributed by atoms with E-state index in [0.717, 1.165) is 38.1 Å². The average Bonchev–Trinajstić information content (AvgIpc) is 2.40. The number of halogens is 2. The first-order chi connectivity index (χ1) is 8.66. The third-order valence-corrected chi connectivity index (χ3v) is 2.98. The number of benzene rings is 1. The maximum Gasteiger partial charge on any atom is 0.188 e. The molecule has 0 radical (unpaired) electrons. The number of piperidine rings is 1. The standard InChI is InChI=1S/C13H15F2NO2/c14-11-2-1-9(7-12(11)15)13(17)8-18-10-3-5-16-6-4-10/h1-2,7,10,16H,3-6,8H2. The molecular formula is C13H15F2NO2. The monoisotopic (exact) mass is 255 g/mol. The van der Waals surface area contributed by atoms with E-state index in [2.05, 4.69) is 5.32 Å². The Morgan fingerprint density at radius 2 is 2.00 bits per heavy atom. The summed E-state index contributed by atoms with van der Waals surface area (Å²) in [6.07, 6.45) is 1.80. The second-order valence-corrected chi connectivity index (χ2v) is 4.31. The first kappa shape index (κ1) is 13.1. The van der Waals surface area contributed by atoms with E-state index in [4.69, 9.17) is 4.74 Å². The SMILES string of the molecule is O=C(COC1CCNCC1)c1ccc(F)c(F)c1. The van der Waals surface area contributed by atoms with Crippen LogP contribution in [0.4, 0.5) is 8.78 Å². The molecule has 0 saturated carbocycles. The van der Waals surface area contributed by atoms with Gasteiger partial charge in [0.2, 0.25) is 0 Å². The van der Waals surface area contributed by atoms with Crippen molar-refractivity contribution < 1.29 is 18.3 Å². The lowest BCUT2D eigenvalue weighted by atomic mass is 10.1. The van der Waals surface area contributed by atoms with Gasteiger partial charge < -0.3 is 10.1 Å². The van der Waals surface area contributed by atoms with E-state index >= 15 is 0 Å². The minimum Gasteiger partial charge on any atom is -0.370 e. The molecule has 18 heavy (non-hydrogen) atoms. The summed E-state index contributed by atoms with van der Waals surface area (Å²) < 4.78 is 31.1. The van der Waals surface area contributed by atoms with Gasteiger partial charge in [0.05, 0.1) is 6.10 Å². The van der Waals surface area contributed by atoms with Gasteiger partial charge in [0.1, 0.15) is 6.61 Å². The van der Waals surface area contributed by atoms with Gasteiger partial charge in [-0.05, 0) is 44.1 Å². The quantitative estimate of drug-likeness (QED) is 0.835. The zero-order chi connectivity index (χ0) is 13.0. The second kappa shape index (κ2) is 6.02. The van der Waals surface area contributed by atoms with Crippen molar-refractivity contribution in [3.8, 4) is 0 Å². The Hall–Kier alpha value is -1.33. The van der Waals surface area contributed by atoms with Crippen molar-refractivity contribution in [3.05, 3.63) is 35.4 Å². The van der Waals surface area contributed by atoms with Crippen LogP contribution in [0.5, 0.6) is 0 Å². The molecular weight excluding hydrogens is 240 g/mol. The predicted octanol–water partition coefficient (Wildman–Crippen LogP) is 1.92. The van der Waals surface area contributed by atoms with Crippen molar-refractivity contribution in [2.75, 3.05) is 19.7 Å². The number of rotatable bonds is 4. The molecule has 0 spiro atoms. The van der Waals surface area contributed by atoms with E-state index in [-0.39, 0.29) is 24.1 Å². The topological polar surface area (TPSA) is 38.3 Å². The van der Waals surface area contributed by atoms with Crippen LogP contribution < -0.4 is 5.32 Å². The molecule has 5 heteroatoms. The number of hydrogen-bond acceptors (Lipinski definition) is 3. The highest BCUT2D eigenvalue weighted by Crippen LogP contribution is 2.11. The summed E-state index contributed by atoms with van der Waals surface area (Å²) in [5.74, 6) is -2.29. The summed E-state index contributed by atoms with van der Waals surface area (Å²) in [6, 6.07) is 3.13. The largest absolute Gasteiger partial charge is 0.370 e. The van der Waals surface area contributed by atoms with E-state index < -0.39 is 11.6 Å². The van der Waals surface area contributed by atoms with Crippen molar-refractivity contribution in [3.63, 3.8) is 0 Å². The van der Waals surface area contributed by atoms with Gasteiger partial charge in [0.25, 0.3) is 0 Å². The molecule has 0 unspecified atom stereocenters. The summed E-state index contributed by atoms with van der Waals surface area (Å²) >= 11 is 0. The Morgan fingerprint density at radius 1 is 1.28 bits per heavy atom. The number of carbonyl (C=O) groups excluding carboxylic acids is 1. The van der Waals surface area contributed by atoms with Crippen LogP contribution >= 0.6 is 0 Å². The van der Waals surface area contributed by atoms with Gasteiger partial charge in [-0.3, -0.25) is 4.79 Å². The number of nitrogens with one attached hydrogen (secondary N) is 1. The zero-order valence-electron chi connectivity index (χ0n) is 9.92. The summed E-state index contributed by atoms with van der Waals surface area (Å²) in [4.78, 5) is 11.7. The fourth-order valence-electron chi connectivity index (χ4n) is 1.91. The normalized spacial score (nSPS) is 16.8. The number of Topliss-reactive ketones (excluding diaryl/α,β-unsaturated/α-hetero) is 1. The van der Waals surface area contributed by atoms with Crippen molar-refractivity contribution in [2.45, 2.75) is 18.9 Å². The fraction of sp³-hybridized carbons (Fsp3) is 0.462. The Morgan fingerprint density at radius 3 is 2.67 bits per heavy atom. The van der Waals surface area contributed by atoms with Gasteiger partial charge in [-0.25, -0.2) is 8.78 Å². The van der Waals surface area contributed by atoms with Gasteiger partial charge >= 0.3 is 0 Å². The smallest absolute Gasteiger partial charge is 0.188 e. The highest BCUT2D eigenvalue weighted by molar-refractivity contribution is 5.97. The molecule has 1 saturated heterocycles. The first-order valence-electron chi connectivity index (χ1n) is 5.97. The molecule has 0 aliphatic carbocycles. The highest BCUT2D eigenvalue weighted by Gasteiger charge is 2.16. The van der Waals surface area contributed by atoms with Gasteiger partial charge in [0, 0.05) is 5.56 Å². The van der Waals surface area contributed by atoms with Crippen molar-refractivity contribution in [1.29, 1.82) is 0 Å². The molecule has 1 aliphatic rings. The lowest BCUT2D eigenvalue weighted by Crippen LogP contribution is -2.33. The van der Waals surface area contributed by atoms with Gasteiger partial charge in [-0.1, -0.05) is 0 Å². The number of hydrogen-bond donors (Lipinski definition) is 1. The van der Waals surface area contributed by atoms with Crippen molar-refractivity contribution in [1.82, 2.24) is 5.32 Å². The summed E-state index contributed by atoms with van der Waals surface area (Å²) in [5, 5.41) is 3.19. The average molecular weight is 255 g/mol. The second-order valence-electron chi connectivity index (χ2n) is 4.31. The minimum absolute atomic E-state index is 0.0699.